The summed E-state index contributed by atoms with van der Waals surface area (Å²) in [6.45, 7) is 2.32. The lowest BCUT2D eigenvalue weighted by Gasteiger charge is -2.28. The number of pyridine rings is 3. The summed E-state index contributed by atoms with van der Waals surface area (Å²) >= 11 is 0. The Balaban J connectivity index is 1.46. The summed E-state index contributed by atoms with van der Waals surface area (Å²) in [5, 5.41) is 3.17. The van der Waals surface area contributed by atoms with Crippen LogP contribution >= 0.6 is 0 Å². The van der Waals surface area contributed by atoms with Crippen molar-refractivity contribution in [1.29, 1.82) is 0 Å². The maximum atomic E-state index is 4.68. The first-order chi connectivity index (χ1) is 15.8. The molecule has 1 fully saturated rings. The summed E-state index contributed by atoms with van der Waals surface area (Å²) in [5.41, 5.74) is 7.39. The van der Waals surface area contributed by atoms with Crippen LogP contribution < -0.4 is 10.2 Å². The summed E-state index contributed by atoms with van der Waals surface area (Å²) in [6, 6.07) is 21.1. The van der Waals surface area contributed by atoms with Gasteiger partial charge in [0.15, 0.2) is 0 Å². The van der Waals surface area contributed by atoms with E-state index in [-0.39, 0.29) is 0 Å². The highest BCUT2D eigenvalue weighted by atomic mass is 15.1. The van der Waals surface area contributed by atoms with Gasteiger partial charge >= 0.3 is 0 Å². The Morgan fingerprint density at radius 1 is 0.750 bits per heavy atom. The number of aromatic nitrogens is 3. The van der Waals surface area contributed by atoms with Gasteiger partial charge in [-0.15, -0.1) is 0 Å². The molecular weight excluding hydrogens is 394 g/mol. The van der Waals surface area contributed by atoms with Crippen molar-refractivity contribution in [3.63, 3.8) is 0 Å². The fourth-order valence-corrected chi connectivity index (χ4v) is 4.24. The maximum absolute atomic E-state index is 4.68. The Morgan fingerprint density at radius 2 is 1.53 bits per heavy atom. The monoisotopic (exact) mass is 421 g/mol. The molecule has 0 saturated carbocycles. The third-order valence-corrected chi connectivity index (χ3v) is 6.00. The number of hydrogen-bond acceptors (Lipinski definition) is 5. The van der Waals surface area contributed by atoms with Gasteiger partial charge in [0.05, 0.1) is 11.4 Å². The predicted octanol–water partition coefficient (Wildman–Crippen LogP) is 5.90. The molecule has 32 heavy (non-hydrogen) atoms. The quantitative estimate of drug-likeness (QED) is 0.434. The van der Waals surface area contributed by atoms with E-state index in [4.69, 9.17) is 0 Å². The van der Waals surface area contributed by atoms with Crippen LogP contribution in [0.15, 0.2) is 79.3 Å². The number of nitrogens with zero attached hydrogens (tertiary/aromatic N) is 4. The molecule has 1 saturated heterocycles. The Kier molecular flexibility index (Phi) is 5.79. The van der Waals surface area contributed by atoms with Crippen LogP contribution in [-0.2, 0) is 0 Å². The summed E-state index contributed by atoms with van der Waals surface area (Å²) < 4.78 is 0. The molecule has 0 bridgehead atoms. The van der Waals surface area contributed by atoms with Gasteiger partial charge in [0, 0.05) is 55.5 Å². The van der Waals surface area contributed by atoms with Gasteiger partial charge in [-0.05, 0) is 72.9 Å². The van der Waals surface area contributed by atoms with Gasteiger partial charge in [0.1, 0.15) is 5.82 Å². The summed E-state index contributed by atoms with van der Waals surface area (Å²) in [7, 11) is 1.88. The molecule has 4 aromatic rings. The number of anilines is 2. The van der Waals surface area contributed by atoms with E-state index in [1.807, 2.05) is 43.7 Å². The average Bonchev–Trinajstić information content (AvgIpc) is 2.89. The SMILES string of the molecule is CNc1cc(-c2cncc(-c3ccc(N4CCCCC4)cc3)c2)cc(-c2ccccn2)n1. The van der Waals surface area contributed by atoms with Crippen molar-refractivity contribution in [1.82, 2.24) is 15.0 Å². The van der Waals surface area contributed by atoms with E-state index in [1.54, 1.807) is 6.20 Å². The van der Waals surface area contributed by atoms with Crippen molar-refractivity contribution in [2.24, 2.45) is 0 Å². The molecule has 1 aromatic carbocycles. The minimum absolute atomic E-state index is 0.805. The topological polar surface area (TPSA) is 53.9 Å². The van der Waals surface area contributed by atoms with Gasteiger partial charge in [-0.25, -0.2) is 4.98 Å². The normalized spacial score (nSPS) is 13.7. The smallest absolute Gasteiger partial charge is 0.127 e. The van der Waals surface area contributed by atoms with Crippen LogP contribution in [0.25, 0.3) is 33.6 Å². The highest BCUT2D eigenvalue weighted by Crippen LogP contribution is 2.30. The first-order valence-corrected chi connectivity index (χ1v) is 11.2. The van der Waals surface area contributed by atoms with Crippen molar-refractivity contribution >= 4 is 11.5 Å². The second kappa shape index (κ2) is 9.18. The van der Waals surface area contributed by atoms with Gasteiger partial charge in [-0.2, -0.15) is 0 Å². The number of nitrogens with one attached hydrogen (secondary N) is 1. The largest absolute Gasteiger partial charge is 0.373 e. The number of benzene rings is 1. The molecule has 1 aliphatic heterocycles. The summed E-state index contributed by atoms with van der Waals surface area (Å²) in [6.07, 6.45) is 9.54. The molecule has 4 heterocycles. The first-order valence-electron chi connectivity index (χ1n) is 11.2. The minimum Gasteiger partial charge on any atom is -0.373 e. The molecule has 3 aromatic heterocycles. The third kappa shape index (κ3) is 4.33. The standard InChI is InChI=1S/C27H27N5/c1-28-27-17-21(16-26(31-27)25-7-3-4-12-30-25)23-15-22(18-29-19-23)20-8-10-24(11-9-20)32-13-5-2-6-14-32/h3-4,7-12,15-19H,2,5-6,13-14H2,1H3,(H,28,31). The zero-order chi connectivity index (χ0) is 21.8. The molecule has 0 amide bonds. The van der Waals surface area contributed by atoms with Crippen LogP contribution in [0, 0.1) is 0 Å². The Morgan fingerprint density at radius 3 is 2.25 bits per heavy atom. The molecule has 5 nitrogen and oxygen atoms in total. The third-order valence-electron chi connectivity index (χ3n) is 6.00. The van der Waals surface area contributed by atoms with Gasteiger partial charge < -0.3 is 10.2 Å². The zero-order valence-corrected chi connectivity index (χ0v) is 18.3. The second-order valence-corrected chi connectivity index (χ2v) is 8.15. The lowest BCUT2D eigenvalue weighted by atomic mass is 10.0. The van der Waals surface area contributed by atoms with Crippen LogP contribution in [0.4, 0.5) is 11.5 Å². The average molecular weight is 422 g/mol. The van der Waals surface area contributed by atoms with Gasteiger partial charge in [0.2, 0.25) is 0 Å². The summed E-state index contributed by atoms with van der Waals surface area (Å²) in [4.78, 5) is 16.2. The first kappa shape index (κ1) is 20.2. The predicted molar refractivity (Wildman–Crippen MR) is 132 cm³/mol. The lowest BCUT2D eigenvalue weighted by molar-refractivity contribution is 0.578. The van der Waals surface area contributed by atoms with Crippen molar-refractivity contribution in [3.8, 4) is 33.6 Å². The highest BCUT2D eigenvalue weighted by Gasteiger charge is 2.12. The van der Waals surface area contributed by atoms with Gasteiger partial charge in [-0.1, -0.05) is 18.2 Å². The van der Waals surface area contributed by atoms with Crippen LogP contribution in [0.5, 0.6) is 0 Å². The molecule has 0 spiro atoms. The van der Waals surface area contributed by atoms with Crippen molar-refractivity contribution in [2.75, 3.05) is 30.4 Å². The molecule has 5 heteroatoms. The van der Waals surface area contributed by atoms with Crippen LogP contribution in [0.1, 0.15) is 19.3 Å². The van der Waals surface area contributed by atoms with E-state index in [0.29, 0.717) is 0 Å². The van der Waals surface area contributed by atoms with E-state index >= 15 is 0 Å². The summed E-state index contributed by atoms with van der Waals surface area (Å²) in [5.74, 6) is 0.805. The van der Waals surface area contributed by atoms with Crippen molar-refractivity contribution in [2.45, 2.75) is 19.3 Å². The van der Waals surface area contributed by atoms with Crippen LogP contribution in [0.3, 0.4) is 0 Å². The van der Waals surface area contributed by atoms with Crippen LogP contribution in [0.2, 0.25) is 0 Å². The highest BCUT2D eigenvalue weighted by molar-refractivity contribution is 5.76. The van der Waals surface area contributed by atoms with Crippen molar-refractivity contribution in [3.05, 3.63) is 79.3 Å². The van der Waals surface area contributed by atoms with Crippen molar-refractivity contribution < 1.29 is 0 Å². The fourth-order valence-electron chi connectivity index (χ4n) is 4.24. The Labute approximate surface area is 189 Å². The van der Waals surface area contributed by atoms with Gasteiger partial charge in [0.25, 0.3) is 0 Å². The molecule has 0 atom stereocenters. The molecule has 5 rings (SSSR count). The van der Waals surface area contributed by atoms with E-state index in [2.05, 4.69) is 61.6 Å². The van der Waals surface area contributed by atoms with Crippen LogP contribution in [-0.4, -0.2) is 35.1 Å². The molecular formula is C27H27N5. The van der Waals surface area contributed by atoms with E-state index in [1.165, 1.54) is 30.5 Å². The fraction of sp³-hybridized carbons (Fsp3) is 0.222. The Hall–Kier alpha value is -3.73. The number of hydrogen-bond donors (Lipinski definition) is 1. The minimum atomic E-state index is 0.805. The molecule has 1 N–H and O–H groups in total. The molecule has 0 radical (unpaired) electrons. The molecule has 0 unspecified atom stereocenters. The van der Waals surface area contributed by atoms with Gasteiger partial charge in [-0.3, -0.25) is 9.97 Å². The van der Waals surface area contributed by atoms with E-state index < -0.39 is 0 Å². The lowest BCUT2D eigenvalue weighted by Crippen LogP contribution is -2.29. The molecule has 1 aliphatic rings. The molecule has 160 valence electrons. The zero-order valence-electron chi connectivity index (χ0n) is 18.3. The molecule has 0 aliphatic carbocycles. The second-order valence-electron chi connectivity index (χ2n) is 8.15. The number of rotatable bonds is 5. The van der Waals surface area contributed by atoms with E-state index in [0.717, 1.165) is 47.0 Å². The van der Waals surface area contributed by atoms with E-state index in [9.17, 15) is 0 Å². The number of piperidine rings is 1. The Bertz CT molecular complexity index is 1180. The maximum Gasteiger partial charge on any atom is 0.127 e.